The molecule has 128 valence electrons. The molecule has 0 saturated heterocycles. The molecule has 1 N–H and O–H groups in total. The maximum absolute atomic E-state index is 12.6. The van der Waals surface area contributed by atoms with Crippen LogP contribution < -0.4 is 14.8 Å². The van der Waals surface area contributed by atoms with Crippen molar-refractivity contribution in [2.24, 2.45) is 5.92 Å². The van der Waals surface area contributed by atoms with E-state index in [4.69, 9.17) is 9.47 Å². The lowest BCUT2D eigenvalue weighted by Crippen LogP contribution is -2.29. The van der Waals surface area contributed by atoms with Crippen LogP contribution in [0.3, 0.4) is 0 Å². The molecule has 24 heavy (non-hydrogen) atoms. The Morgan fingerprint density at radius 2 is 1.42 bits per heavy atom. The van der Waals surface area contributed by atoms with Crippen LogP contribution >= 0.6 is 11.8 Å². The summed E-state index contributed by atoms with van der Waals surface area (Å²) in [5, 5.41) is 2.80. The van der Waals surface area contributed by atoms with Crippen molar-refractivity contribution in [1.82, 2.24) is 0 Å². The molecule has 0 aliphatic heterocycles. The minimum Gasteiger partial charge on any atom is -0.497 e. The highest BCUT2D eigenvalue weighted by molar-refractivity contribution is 8.00. The molecule has 2 rings (SSSR count). The van der Waals surface area contributed by atoms with Gasteiger partial charge in [0, 0.05) is 10.6 Å². The van der Waals surface area contributed by atoms with Gasteiger partial charge < -0.3 is 14.8 Å². The molecule has 0 radical (unpaired) electrons. The second kappa shape index (κ2) is 8.64. The highest BCUT2D eigenvalue weighted by atomic mass is 32.2. The molecular weight excluding hydrogens is 322 g/mol. The van der Waals surface area contributed by atoms with Crippen LogP contribution in [-0.2, 0) is 4.79 Å². The lowest BCUT2D eigenvalue weighted by Gasteiger charge is -2.20. The van der Waals surface area contributed by atoms with E-state index in [1.54, 1.807) is 26.0 Å². The van der Waals surface area contributed by atoms with Crippen LogP contribution in [0.25, 0.3) is 0 Å². The third-order valence-corrected chi connectivity index (χ3v) is 5.10. The molecule has 0 saturated carbocycles. The molecule has 0 bridgehead atoms. The average molecular weight is 345 g/mol. The number of hydrogen-bond donors (Lipinski definition) is 1. The highest BCUT2D eigenvalue weighted by Crippen LogP contribution is 2.30. The van der Waals surface area contributed by atoms with Gasteiger partial charge in [0.15, 0.2) is 0 Å². The molecule has 0 fully saturated rings. The van der Waals surface area contributed by atoms with E-state index in [9.17, 15) is 4.79 Å². The molecular formula is C19H23NO3S. The summed E-state index contributed by atoms with van der Waals surface area (Å²) in [5.74, 6) is 1.77. The van der Waals surface area contributed by atoms with Gasteiger partial charge in [0.2, 0.25) is 5.91 Å². The minimum atomic E-state index is -0.180. The van der Waals surface area contributed by atoms with Crippen LogP contribution in [0.15, 0.2) is 53.4 Å². The topological polar surface area (TPSA) is 47.6 Å². The van der Waals surface area contributed by atoms with E-state index < -0.39 is 0 Å². The van der Waals surface area contributed by atoms with E-state index in [1.807, 2.05) is 48.5 Å². The summed E-state index contributed by atoms with van der Waals surface area (Å²) in [6.07, 6.45) is 0. The summed E-state index contributed by atoms with van der Waals surface area (Å²) < 4.78 is 10.3. The molecule has 0 spiro atoms. The van der Waals surface area contributed by atoms with Gasteiger partial charge in [0.1, 0.15) is 11.5 Å². The second-order valence-electron chi connectivity index (χ2n) is 5.68. The first-order valence-corrected chi connectivity index (χ1v) is 8.67. The fourth-order valence-corrected chi connectivity index (χ4v) is 3.21. The number of hydrogen-bond acceptors (Lipinski definition) is 4. The number of methoxy groups -OCH3 is 2. The van der Waals surface area contributed by atoms with E-state index in [2.05, 4.69) is 19.2 Å². The largest absolute Gasteiger partial charge is 0.497 e. The summed E-state index contributed by atoms with van der Waals surface area (Å²) in [6.45, 7) is 4.10. The molecule has 2 aromatic rings. The van der Waals surface area contributed by atoms with Crippen molar-refractivity contribution in [3.8, 4) is 11.5 Å². The second-order valence-corrected chi connectivity index (χ2v) is 6.89. The van der Waals surface area contributed by atoms with Crippen molar-refractivity contribution < 1.29 is 14.3 Å². The molecule has 0 unspecified atom stereocenters. The quantitative estimate of drug-likeness (QED) is 0.753. The maximum atomic E-state index is 12.6. The Morgan fingerprint density at radius 3 is 1.88 bits per heavy atom. The van der Waals surface area contributed by atoms with Crippen molar-refractivity contribution in [3.05, 3.63) is 48.5 Å². The zero-order chi connectivity index (χ0) is 17.5. The molecule has 2 aromatic carbocycles. The molecule has 5 heteroatoms. The summed E-state index contributed by atoms with van der Waals surface area (Å²) in [4.78, 5) is 13.7. The summed E-state index contributed by atoms with van der Waals surface area (Å²) in [5.41, 5.74) is 0.766. The summed E-state index contributed by atoms with van der Waals surface area (Å²) >= 11 is 1.56. The van der Waals surface area contributed by atoms with Gasteiger partial charge in [-0.25, -0.2) is 0 Å². The SMILES string of the molecule is COc1ccc(NC(=O)[C@H](Sc2ccc(OC)cc2)C(C)C)cc1. The first kappa shape index (κ1) is 18.2. The van der Waals surface area contributed by atoms with Gasteiger partial charge in [0.05, 0.1) is 19.5 Å². The number of nitrogens with one attached hydrogen (secondary N) is 1. The Bertz CT molecular complexity index is 653. The number of carbonyl (C=O) groups is 1. The van der Waals surface area contributed by atoms with Crippen molar-refractivity contribution in [1.29, 1.82) is 0 Å². The smallest absolute Gasteiger partial charge is 0.238 e. The maximum Gasteiger partial charge on any atom is 0.238 e. The van der Waals surface area contributed by atoms with Crippen LogP contribution in [0.5, 0.6) is 11.5 Å². The lowest BCUT2D eigenvalue weighted by molar-refractivity contribution is -0.116. The van der Waals surface area contributed by atoms with Crippen LogP contribution in [0.4, 0.5) is 5.69 Å². The Hall–Kier alpha value is -2.14. The Kier molecular flexibility index (Phi) is 6.55. The number of carbonyl (C=O) groups excluding carboxylic acids is 1. The minimum absolute atomic E-state index is 0.00372. The van der Waals surface area contributed by atoms with Crippen LogP contribution in [0.2, 0.25) is 0 Å². The van der Waals surface area contributed by atoms with Gasteiger partial charge in [-0.2, -0.15) is 0 Å². The molecule has 1 atom stereocenters. The van der Waals surface area contributed by atoms with Crippen LogP contribution in [0.1, 0.15) is 13.8 Å². The van der Waals surface area contributed by atoms with E-state index in [0.717, 1.165) is 22.1 Å². The lowest BCUT2D eigenvalue weighted by atomic mass is 10.1. The fourth-order valence-electron chi connectivity index (χ4n) is 2.18. The van der Waals surface area contributed by atoms with Gasteiger partial charge in [0.25, 0.3) is 0 Å². The van der Waals surface area contributed by atoms with Gasteiger partial charge in [-0.15, -0.1) is 11.8 Å². The zero-order valence-corrected chi connectivity index (χ0v) is 15.2. The van der Waals surface area contributed by atoms with E-state index in [-0.39, 0.29) is 17.1 Å². The summed E-state index contributed by atoms with van der Waals surface area (Å²) in [7, 11) is 3.26. The van der Waals surface area contributed by atoms with E-state index >= 15 is 0 Å². The molecule has 1 amide bonds. The molecule has 0 aliphatic rings. The first-order chi connectivity index (χ1) is 11.5. The Morgan fingerprint density at radius 1 is 0.917 bits per heavy atom. The Balaban J connectivity index is 2.06. The number of ether oxygens (including phenoxy) is 2. The molecule has 4 nitrogen and oxygen atoms in total. The number of anilines is 1. The monoisotopic (exact) mass is 345 g/mol. The van der Waals surface area contributed by atoms with E-state index in [0.29, 0.717) is 0 Å². The molecule has 0 aliphatic carbocycles. The standard InChI is InChI=1S/C19H23NO3S/c1-13(2)18(24-17-11-9-16(23-4)10-12-17)19(21)20-14-5-7-15(22-3)8-6-14/h5-13,18H,1-4H3,(H,20,21)/t18-/m1/s1. The average Bonchev–Trinajstić information content (AvgIpc) is 2.60. The third-order valence-electron chi connectivity index (χ3n) is 3.54. The zero-order valence-electron chi connectivity index (χ0n) is 14.4. The van der Waals surface area contributed by atoms with Crippen LogP contribution in [-0.4, -0.2) is 25.4 Å². The molecule has 0 heterocycles. The van der Waals surface area contributed by atoms with Gasteiger partial charge in [-0.3, -0.25) is 4.79 Å². The van der Waals surface area contributed by atoms with Crippen molar-refractivity contribution in [2.45, 2.75) is 24.0 Å². The first-order valence-electron chi connectivity index (χ1n) is 7.79. The predicted molar refractivity (Wildman–Crippen MR) is 99.1 cm³/mol. The van der Waals surface area contributed by atoms with Crippen molar-refractivity contribution in [2.75, 3.05) is 19.5 Å². The number of amides is 1. The number of rotatable bonds is 7. The third kappa shape index (κ3) is 4.93. The normalized spacial score (nSPS) is 11.9. The van der Waals surface area contributed by atoms with Crippen LogP contribution in [0, 0.1) is 5.92 Å². The van der Waals surface area contributed by atoms with Crippen molar-refractivity contribution in [3.63, 3.8) is 0 Å². The van der Waals surface area contributed by atoms with Gasteiger partial charge in [-0.05, 0) is 54.4 Å². The summed E-state index contributed by atoms with van der Waals surface area (Å²) in [6, 6.07) is 15.1. The number of thioether (sulfide) groups is 1. The predicted octanol–water partition coefficient (Wildman–Crippen LogP) is 4.46. The number of benzene rings is 2. The fraction of sp³-hybridized carbons (Fsp3) is 0.316. The van der Waals surface area contributed by atoms with Crippen molar-refractivity contribution >= 4 is 23.4 Å². The molecule has 0 aromatic heterocycles. The Labute approximate surface area is 147 Å². The van der Waals surface area contributed by atoms with Gasteiger partial charge in [-0.1, -0.05) is 13.8 Å². The highest BCUT2D eigenvalue weighted by Gasteiger charge is 2.23. The van der Waals surface area contributed by atoms with Gasteiger partial charge >= 0.3 is 0 Å². The van der Waals surface area contributed by atoms with E-state index in [1.165, 1.54) is 0 Å².